The van der Waals surface area contributed by atoms with E-state index in [9.17, 15) is 9.59 Å². The monoisotopic (exact) mass is 323 g/mol. The first-order valence-corrected chi connectivity index (χ1v) is 7.83. The Kier molecular flexibility index (Phi) is 8.57. The molecule has 0 spiro atoms. The number of benzene rings is 1. The van der Waals surface area contributed by atoms with Crippen molar-refractivity contribution in [3.05, 3.63) is 24.3 Å². The van der Waals surface area contributed by atoms with Gasteiger partial charge in [0, 0.05) is 19.5 Å². The number of methoxy groups -OCH3 is 1. The zero-order valence-electron chi connectivity index (χ0n) is 13.8. The summed E-state index contributed by atoms with van der Waals surface area (Å²) in [6.45, 7) is 3.26. The summed E-state index contributed by atoms with van der Waals surface area (Å²) < 4.78 is 10.6. The Labute approximate surface area is 137 Å². The quantitative estimate of drug-likeness (QED) is 0.633. The molecule has 6 nitrogen and oxygen atoms in total. The molecule has 0 saturated carbocycles. The van der Waals surface area contributed by atoms with Crippen LogP contribution < -0.4 is 9.47 Å². The Hall–Kier alpha value is -2.24. The van der Waals surface area contributed by atoms with Crippen LogP contribution >= 0.6 is 0 Å². The predicted octanol–water partition coefficient (Wildman–Crippen LogP) is 2.57. The van der Waals surface area contributed by atoms with Crippen molar-refractivity contribution < 1.29 is 24.2 Å². The molecule has 6 heteroatoms. The number of hydrogen-bond acceptors (Lipinski definition) is 4. The summed E-state index contributed by atoms with van der Waals surface area (Å²) in [5, 5.41) is 8.72. The standard InChI is InChI=1S/C17H25NO5/c1-3-11-18(12-10-17(20)21)16(19)5-4-13-23-15-8-6-14(22-2)7-9-15/h6-9H,3-5,10-13H2,1-2H3,(H,20,21). The smallest absolute Gasteiger partial charge is 0.305 e. The second-order valence-corrected chi connectivity index (χ2v) is 5.15. The molecule has 0 atom stereocenters. The second kappa shape index (κ2) is 10.5. The molecule has 0 bridgehead atoms. The molecule has 1 aromatic rings. The van der Waals surface area contributed by atoms with Crippen LogP contribution in [0.1, 0.15) is 32.6 Å². The molecule has 0 aliphatic heterocycles. The van der Waals surface area contributed by atoms with Crippen LogP contribution in [0.15, 0.2) is 24.3 Å². The molecule has 0 aliphatic rings. The number of carboxylic acids is 1. The maximum atomic E-state index is 12.1. The summed E-state index contributed by atoms with van der Waals surface area (Å²) in [5.41, 5.74) is 0. The van der Waals surface area contributed by atoms with Crippen LogP contribution in [-0.2, 0) is 9.59 Å². The highest BCUT2D eigenvalue weighted by molar-refractivity contribution is 5.77. The molecule has 0 fully saturated rings. The SMILES string of the molecule is CCCN(CCC(=O)O)C(=O)CCCOc1ccc(OC)cc1. The highest BCUT2D eigenvalue weighted by Gasteiger charge is 2.13. The zero-order valence-corrected chi connectivity index (χ0v) is 13.8. The van der Waals surface area contributed by atoms with E-state index in [2.05, 4.69) is 0 Å². The van der Waals surface area contributed by atoms with Gasteiger partial charge in [0.15, 0.2) is 0 Å². The van der Waals surface area contributed by atoms with Crippen LogP contribution in [0.4, 0.5) is 0 Å². The van der Waals surface area contributed by atoms with Crippen molar-refractivity contribution in [2.45, 2.75) is 32.6 Å². The number of carbonyl (C=O) groups excluding carboxylic acids is 1. The van der Waals surface area contributed by atoms with Crippen molar-refractivity contribution in [1.82, 2.24) is 4.90 Å². The number of ether oxygens (including phenoxy) is 2. The van der Waals surface area contributed by atoms with E-state index in [0.717, 1.165) is 17.9 Å². The van der Waals surface area contributed by atoms with Gasteiger partial charge in [-0.25, -0.2) is 0 Å². The third-order valence-electron chi connectivity index (χ3n) is 3.30. The van der Waals surface area contributed by atoms with E-state index in [-0.39, 0.29) is 18.9 Å². The lowest BCUT2D eigenvalue weighted by atomic mass is 10.2. The zero-order chi connectivity index (χ0) is 17.1. The fourth-order valence-electron chi connectivity index (χ4n) is 2.11. The molecular weight excluding hydrogens is 298 g/mol. The first-order chi connectivity index (χ1) is 11.1. The average molecular weight is 323 g/mol. The van der Waals surface area contributed by atoms with Gasteiger partial charge >= 0.3 is 5.97 Å². The van der Waals surface area contributed by atoms with E-state index in [4.69, 9.17) is 14.6 Å². The predicted molar refractivity (Wildman–Crippen MR) is 86.8 cm³/mol. The number of carbonyl (C=O) groups is 2. The summed E-state index contributed by atoms with van der Waals surface area (Å²) in [5.74, 6) is 0.587. The van der Waals surface area contributed by atoms with Crippen LogP contribution in [-0.4, -0.2) is 48.7 Å². The van der Waals surface area contributed by atoms with Gasteiger partial charge in [-0.15, -0.1) is 0 Å². The van der Waals surface area contributed by atoms with Crippen molar-refractivity contribution in [2.24, 2.45) is 0 Å². The van der Waals surface area contributed by atoms with Gasteiger partial charge in [0.25, 0.3) is 0 Å². The molecule has 0 radical (unpaired) electrons. The summed E-state index contributed by atoms with van der Waals surface area (Å²) in [6.07, 6.45) is 1.75. The third kappa shape index (κ3) is 7.54. The van der Waals surface area contributed by atoms with Gasteiger partial charge in [-0.2, -0.15) is 0 Å². The van der Waals surface area contributed by atoms with Crippen molar-refractivity contribution in [1.29, 1.82) is 0 Å². The lowest BCUT2D eigenvalue weighted by Gasteiger charge is -2.21. The Balaban J connectivity index is 2.31. The van der Waals surface area contributed by atoms with Gasteiger partial charge in [0.2, 0.25) is 5.91 Å². The van der Waals surface area contributed by atoms with E-state index in [1.807, 2.05) is 31.2 Å². The molecule has 23 heavy (non-hydrogen) atoms. The molecule has 128 valence electrons. The first kappa shape index (κ1) is 18.8. The van der Waals surface area contributed by atoms with E-state index in [0.29, 0.717) is 26.0 Å². The number of amides is 1. The van der Waals surface area contributed by atoms with Gasteiger partial charge in [-0.05, 0) is 37.1 Å². The first-order valence-electron chi connectivity index (χ1n) is 7.83. The molecule has 0 saturated heterocycles. The van der Waals surface area contributed by atoms with Crippen LogP contribution in [0.25, 0.3) is 0 Å². The minimum Gasteiger partial charge on any atom is -0.497 e. The molecule has 0 unspecified atom stereocenters. The fraction of sp³-hybridized carbons (Fsp3) is 0.529. The maximum absolute atomic E-state index is 12.1. The lowest BCUT2D eigenvalue weighted by Crippen LogP contribution is -2.33. The Morgan fingerprint density at radius 2 is 1.74 bits per heavy atom. The van der Waals surface area contributed by atoms with Gasteiger partial charge < -0.3 is 19.5 Å². The molecule has 1 amide bonds. The Bertz CT molecular complexity index is 486. The van der Waals surface area contributed by atoms with E-state index < -0.39 is 5.97 Å². The van der Waals surface area contributed by atoms with E-state index in [1.54, 1.807) is 12.0 Å². The van der Waals surface area contributed by atoms with Crippen molar-refractivity contribution in [3.63, 3.8) is 0 Å². The summed E-state index contributed by atoms with van der Waals surface area (Å²) in [6, 6.07) is 7.26. The number of rotatable bonds is 11. The van der Waals surface area contributed by atoms with E-state index in [1.165, 1.54) is 0 Å². The molecule has 1 N–H and O–H groups in total. The maximum Gasteiger partial charge on any atom is 0.305 e. The van der Waals surface area contributed by atoms with Gasteiger partial charge in [0.1, 0.15) is 11.5 Å². The summed E-state index contributed by atoms with van der Waals surface area (Å²) in [7, 11) is 1.61. The molecular formula is C17H25NO5. The highest BCUT2D eigenvalue weighted by Crippen LogP contribution is 2.17. The number of carboxylic acid groups (broad SMARTS) is 1. The molecule has 1 aromatic carbocycles. The van der Waals surface area contributed by atoms with Crippen LogP contribution in [0.3, 0.4) is 0 Å². The Morgan fingerprint density at radius 1 is 1.09 bits per heavy atom. The third-order valence-corrected chi connectivity index (χ3v) is 3.30. The van der Waals surface area contributed by atoms with Gasteiger partial charge in [0.05, 0.1) is 20.1 Å². The topological polar surface area (TPSA) is 76.1 Å². The van der Waals surface area contributed by atoms with Crippen molar-refractivity contribution in [2.75, 3.05) is 26.8 Å². The minimum atomic E-state index is -0.887. The number of nitrogens with zero attached hydrogens (tertiary/aromatic N) is 1. The lowest BCUT2D eigenvalue weighted by molar-refractivity contribution is -0.138. The summed E-state index contributed by atoms with van der Waals surface area (Å²) in [4.78, 5) is 24.3. The summed E-state index contributed by atoms with van der Waals surface area (Å²) >= 11 is 0. The molecule has 0 heterocycles. The fourth-order valence-corrected chi connectivity index (χ4v) is 2.11. The van der Waals surface area contributed by atoms with Crippen LogP contribution in [0.5, 0.6) is 11.5 Å². The minimum absolute atomic E-state index is 0.0198. The number of hydrogen-bond donors (Lipinski definition) is 1. The van der Waals surface area contributed by atoms with Crippen LogP contribution in [0, 0.1) is 0 Å². The van der Waals surface area contributed by atoms with Gasteiger partial charge in [-0.1, -0.05) is 6.92 Å². The van der Waals surface area contributed by atoms with Crippen LogP contribution in [0.2, 0.25) is 0 Å². The van der Waals surface area contributed by atoms with E-state index >= 15 is 0 Å². The molecule has 0 aliphatic carbocycles. The number of aliphatic carboxylic acids is 1. The molecule has 0 aromatic heterocycles. The highest BCUT2D eigenvalue weighted by atomic mass is 16.5. The average Bonchev–Trinajstić information content (AvgIpc) is 2.55. The second-order valence-electron chi connectivity index (χ2n) is 5.15. The van der Waals surface area contributed by atoms with Gasteiger partial charge in [-0.3, -0.25) is 9.59 Å². The van der Waals surface area contributed by atoms with Crippen molar-refractivity contribution in [3.8, 4) is 11.5 Å². The Morgan fingerprint density at radius 3 is 2.30 bits per heavy atom. The molecule has 1 rings (SSSR count). The largest absolute Gasteiger partial charge is 0.497 e. The normalized spacial score (nSPS) is 10.2. The van der Waals surface area contributed by atoms with Crippen molar-refractivity contribution >= 4 is 11.9 Å².